The third-order valence-corrected chi connectivity index (χ3v) is 2.94. The first kappa shape index (κ1) is 6.27. The largest absolute Gasteiger partial charge is 0.441 e. The normalized spacial score (nSPS) is 14.5. The highest BCUT2D eigenvalue weighted by Gasteiger charge is 2.06. The fourth-order valence-electron chi connectivity index (χ4n) is 0.846. The zero-order valence-corrected chi connectivity index (χ0v) is 7.62. The van der Waals surface area contributed by atoms with Gasteiger partial charge in [0.05, 0.1) is 0 Å². The maximum Gasteiger partial charge on any atom is 0.192 e. The zero-order chi connectivity index (χ0) is 6.97. The first-order chi connectivity index (χ1) is 4.86. The van der Waals surface area contributed by atoms with E-state index >= 15 is 0 Å². The molecule has 0 aliphatic carbocycles. The summed E-state index contributed by atoms with van der Waals surface area (Å²) in [5.41, 5.74) is 0.989. The number of aryl methyl sites for hydroxylation is 1. The van der Waals surface area contributed by atoms with Crippen LogP contribution in [-0.4, -0.2) is 9.00 Å². The van der Waals surface area contributed by atoms with E-state index in [4.69, 9.17) is 4.42 Å². The Kier molecular flexibility index (Phi) is 1.44. The lowest BCUT2D eigenvalue weighted by molar-refractivity contribution is 0.516. The summed E-state index contributed by atoms with van der Waals surface area (Å²) in [6.45, 7) is 1.87. The molecule has 0 amide bonds. The molecule has 0 atom stereocenters. The van der Waals surface area contributed by atoms with E-state index in [1.54, 1.807) is 0 Å². The summed E-state index contributed by atoms with van der Waals surface area (Å²) in [6, 6.07) is 0. The van der Waals surface area contributed by atoms with Crippen molar-refractivity contribution in [3.8, 4) is 0 Å². The van der Waals surface area contributed by atoms with Gasteiger partial charge in [0, 0.05) is 10.9 Å². The van der Waals surface area contributed by atoms with E-state index in [0.29, 0.717) is 0 Å². The quantitative estimate of drug-likeness (QED) is 0.656. The molecule has 1 aromatic rings. The van der Waals surface area contributed by atoms with E-state index in [1.165, 1.54) is 0 Å². The van der Waals surface area contributed by atoms with Crippen molar-refractivity contribution in [2.24, 2.45) is 0 Å². The van der Waals surface area contributed by atoms with Gasteiger partial charge in [0.25, 0.3) is 0 Å². The third kappa shape index (κ3) is 0.941. The van der Waals surface area contributed by atoms with Crippen LogP contribution >= 0.6 is 20.7 Å². The molecule has 0 bridgehead atoms. The Bertz CT molecular complexity index is 282. The Morgan fingerprint density at radius 1 is 1.60 bits per heavy atom. The van der Waals surface area contributed by atoms with E-state index in [2.05, 4.69) is 13.1 Å². The maximum absolute atomic E-state index is 5.32. The molecule has 0 fully saturated rings. The molecule has 2 rings (SSSR count). The van der Waals surface area contributed by atoms with E-state index in [0.717, 1.165) is 17.3 Å². The average Bonchev–Trinajstić information content (AvgIpc) is 2.27. The number of rotatable bonds is 0. The highest BCUT2D eigenvalue weighted by atomic mass is 127. The summed E-state index contributed by atoms with van der Waals surface area (Å²) in [4.78, 5) is 4.18. The molecule has 2 nitrogen and oxygen atoms in total. The highest BCUT2D eigenvalue weighted by Crippen LogP contribution is 2.18. The van der Waals surface area contributed by atoms with Crippen LogP contribution in [0.4, 0.5) is 0 Å². The second-order valence-electron chi connectivity index (χ2n) is 2.01. The molecule has 0 spiro atoms. The van der Waals surface area contributed by atoms with Gasteiger partial charge < -0.3 is 4.42 Å². The van der Waals surface area contributed by atoms with Gasteiger partial charge in [-0.05, 0) is 10.2 Å². The van der Waals surface area contributed by atoms with Gasteiger partial charge in [-0.25, -0.2) is 4.98 Å². The third-order valence-electron chi connectivity index (χ3n) is 1.24. The molecule has 10 heavy (non-hydrogen) atoms. The standard InChI is InChI=1S/C7H6INO/c1-5-9-6-2-3-8-4-7(6)10-5/h2-4H,1H3. The highest BCUT2D eigenvalue weighted by molar-refractivity contribution is 14.2. The number of hydrogen-bond acceptors (Lipinski definition) is 2. The minimum absolute atomic E-state index is 0.0998. The minimum Gasteiger partial charge on any atom is -0.441 e. The number of nitrogens with zero attached hydrogens (tertiary/aromatic N) is 1. The fourth-order valence-corrected chi connectivity index (χ4v) is 2.37. The molecule has 0 saturated heterocycles. The molecule has 0 N–H and O–H groups in total. The zero-order valence-electron chi connectivity index (χ0n) is 5.47. The van der Waals surface area contributed by atoms with Crippen LogP contribution < -0.4 is 0 Å². The van der Waals surface area contributed by atoms with Gasteiger partial charge in [0.2, 0.25) is 0 Å². The number of oxazole rings is 1. The molecule has 2 heterocycles. The van der Waals surface area contributed by atoms with Crippen LogP contribution in [0.3, 0.4) is 0 Å². The lowest BCUT2D eigenvalue weighted by Gasteiger charge is -1.89. The molecule has 0 radical (unpaired) electrons. The van der Waals surface area contributed by atoms with Crippen molar-refractivity contribution in [3.63, 3.8) is 0 Å². The molecule has 0 saturated carbocycles. The molecular formula is C7H6INO. The van der Waals surface area contributed by atoms with Crippen LogP contribution in [0.2, 0.25) is 0 Å². The lowest BCUT2D eigenvalue weighted by atomic mass is 10.4. The predicted octanol–water partition coefficient (Wildman–Crippen LogP) is 2.09. The maximum atomic E-state index is 5.32. The van der Waals surface area contributed by atoms with E-state index in [9.17, 15) is 0 Å². The van der Waals surface area contributed by atoms with Crippen molar-refractivity contribution < 1.29 is 4.42 Å². The van der Waals surface area contributed by atoms with Gasteiger partial charge in [0.1, 0.15) is 5.69 Å². The van der Waals surface area contributed by atoms with Gasteiger partial charge in [-0.1, -0.05) is 20.7 Å². The molecular weight excluding hydrogens is 241 g/mol. The van der Waals surface area contributed by atoms with Crippen LogP contribution in [-0.2, 0) is 0 Å². The van der Waals surface area contributed by atoms with E-state index in [-0.39, 0.29) is 20.7 Å². The van der Waals surface area contributed by atoms with Gasteiger partial charge in [0.15, 0.2) is 11.7 Å². The lowest BCUT2D eigenvalue weighted by Crippen LogP contribution is -1.81. The minimum atomic E-state index is 0.0998. The van der Waals surface area contributed by atoms with Crippen LogP contribution in [0.5, 0.6) is 0 Å². The first-order valence-electron chi connectivity index (χ1n) is 2.95. The van der Waals surface area contributed by atoms with Crippen molar-refractivity contribution in [2.45, 2.75) is 6.92 Å². The van der Waals surface area contributed by atoms with Crippen LogP contribution in [0, 0.1) is 6.92 Å². The van der Waals surface area contributed by atoms with Crippen LogP contribution in [0.1, 0.15) is 17.3 Å². The summed E-state index contributed by atoms with van der Waals surface area (Å²) in [5, 5.41) is 0. The summed E-state index contributed by atoms with van der Waals surface area (Å²) < 4.78 is 9.65. The Morgan fingerprint density at radius 3 is 3.30 bits per heavy atom. The SMILES string of the molecule is Cc1nc2c(o1)C=IC=C2. The van der Waals surface area contributed by atoms with Crippen LogP contribution in [0.25, 0.3) is 6.08 Å². The second-order valence-corrected chi connectivity index (χ2v) is 4.07. The molecule has 3 heteroatoms. The first-order valence-corrected chi connectivity index (χ1v) is 5.44. The average molecular weight is 247 g/mol. The van der Waals surface area contributed by atoms with Gasteiger partial charge in [-0.2, -0.15) is 0 Å². The summed E-state index contributed by atoms with van der Waals surface area (Å²) in [6.07, 6.45) is 2.04. The monoisotopic (exact) mass is 247 g/mol. The Hall–Kier alpha value is -0.450. The molecule has 1 aliphatic rings. The van der Waals surface area contributed by atoms with Crippen molar-refractivity contribution in [1.29, 1.82) is 0 Å². The number of hydrogen-bond donors (Lipinski definition) is 0. The molecule has 0 unspecified atom stereocenters. The van der Waals surface area contributed by atoms with Gasteiger partial charge in [-0.3, -0.25) is 0 Å². The van der Waals surface area contributed by atoms with E-state index < -0.39 is 0 Å². The Morgan fingerprint density at radius 2 is 2.50 bits per heavy atom. The van der Waals surface area contributed by atoms with E-state index in [1.807, 2.05) is 13.0 Å². The van der Waals surface area contributed by atoms with Crippen molar-refractivity contribution >= 4 is 30.8 Å². The van der Waals surface area contributed by atoms with Crippen molar-refractivity contribution in [2.75, 3.05) is 0 Å². The molecule has 1 aliphatic heterocycles. The number of halogens is 1. The van der Waals surface area contributed by atoms with Crippen molar-refractivity contribution in [3.05, 3.63) is 21.4 Å². The topological polar surface area (TPSA) is 26.0 Å². The smallest absolute Gasteiger partial charge is 0.192 e. The van der Waals surface area contributed by atoms with Gasteiger partial charge >= 0.3 is 0 Å². The summed E-state index contributed by atoms with van der Waals surface area (Å²) in [5.74, 6) is 1.73. The predicted molar refractivity (Wildman–Crippen MR) is 49.5 cm³/mol. The fraction of sp³-hybridized carbons (Fsp3) is 0.143. The van der Waals surface area contributed by atoms with Crippen molar-refractivity contribution in [1.82, 2.24) is 4.98 Å². The van der Waals surface area contributed by atoms with Gasteiger partial charge in [-0.15, -0.1) is 0 Å². The number of fused-ring (bicyclic) bond motifs is 1. The summed E-state index contributed by atoms with van der Waals surface area (Å²) in [7, 11) is 0. The second kappa shape index (κ2) is 2.30. The number of aromatic nitrogens is 1. The van der Waals surface area contributed by atoms with Crippen LogP contribution in [0.15, 0.2) is 8.50 Å². The Balaban J connectivity index is 2.64. The Labute approximate surface area is 68.7 Å². The molecule has 1 aromatic heterocycles. The molecule has 52 valence electrons. The molecule has 0 aromatic carbocycles. The summed E-state index contributed by atoms with van der Waals surface area (Å²) >= 11 is 0.0998.